The van der Waals surface area contributed by atoms with E-state index in [2.05, 4.69) is 12.2 Å². The van der Waals surface area contributed by atoms with Crippen LogP contribution in [0.4, 0.5) is 18.9 Å². The van der Waals surface area contributed by atoms with Gasteiger partial charge in [-0.15, -0.1) is 0 Å². The minimum Gasteiger partial charge on any atom is -0.381 e. The number of amides is 1. The van der Waals surface area contributed by atoms with E-state index in [0.29, 0.717) is 11.6 Å². The molecule has 1 radical (unpaired) electrons. The van der Waals surface area contributed by atoms with Crippen molar-refractivity contribution in [2.45, 2.75) is 32.9 Å². The Morgan fingerprint density at radius 1 is 1.11 bits per heavy atom. The molecule has 0 saturated carbocycles. The number of benzene rings is 2. The molecule has 1 aliphatic heterocycles. The van der Waals surface area contributed by atoms with Crippen molar-refractivity contribution >= 4 is 11.6 Å². The van der Waals surface area contributed by atoms with E-state index in [1.165, 1.54) is 18.1 Å². The highest BCUT2D eigenvalue weighted by atomic mass is 19.4. The van der Waals surface area contributed by atoms with Gasteiger partial charge in [0.2, 0.25) is 0 Å². The lowest BCUT2D eigenvalue weighted by molar-refractivity contribution is -0.137. The Labute approximate surface area is 162 Å². The molecule has 3 nitrogen and oxygen atoms in total. The predicted octanol–water partition coefficient (Wildman–Crippen LogP) is 5.64. The van der Waals surface area contributed by atoms with Crippen molar-refractivity contribution in [2.75, 3.05) is 18.5 Å². The van der Waals surface area contributed by atoms with Gasteiger partial charge in [-0.25, -0.2) is 0 Å². The Morgan fingerprint density at radius 3 is 2.46 bits per heavy atom. The maximum Gasteiger partial charge on any atom is 0.416 e. The minimum atomic E-state index is -4.48. The highest BCUT2D eigenvalue weighted by molar-refractivity contribution is 6.04. The van der Waals surface area contributed by atoms with Gasteiger partial charge in [-0.3, -0.25) is 4.79 Å². The molecule has 28 heavy (non-hydrogen) atoms. The van der Waals surface area contributed by atoms with Gasteiger partial charge >= 0.3 is 6.18 Å². The molecule has 1 saturated heterocycles. The smallest absolute Gasteiger partial charge is 0.381 e. The van der Waals surface area contributed by atoms with Crippen LogP contribution in [0.1, 0.15) is 46.8 Å². The van der Waals surface area contributed by atoms with Gasteiger partial charge in [-0.1, -0.05) is 25.1 Å². The van der Waals surface area contributed by atoms with Crippen molar-refractivity contribution in [1.82, 2.24) is 0 Å². The molecule has 0 aromatic heterocycles. The Hall–Kier alpha value is -2.34. The number of hydrogen-bond acceptors (Lipinski definition) is 2. The highest BCUT2D eigenvalue weighted by Gasteiger charge is 2.31. The topological polar surface area (TPSA) is 38.3 Å². The quantitative estimate of drug-likeness (QED) is 0.734. The first-order valence-electron chi connectivity index (χ1n) is 9.27. The zero-order valence-corrected chi connectivity index (χ0v) is 15.9. The van der Waals surface area contributed by atoms with Gasteiger partial charge in [-0.05, 0) is 61.1 Å². The SMILES string of the molecule is C[C](c1cccc(NC(=O)c2cccc(C(F)(F)F)c2)c1C)C1CCOCC1. The molecule has 1 aliphatic rings. The van der Waals surface area contributed by atoms with Crippen molar-refractivity contribution < 1.29 is 22.7 Å². The second kappa shape index (κ2) is 8.35. The van der Waals surface area contributed by atoms with E-state index in [1.54, 1.807) is 6.07 Å². The molecule has 2 aromatic rings. The molecule has 0 atom stereocenters. The maximum atomic E-state index is 12.9. The number of nitrogens with one attached hydrogen (secondary N) is 1. The summed E-state index contributed by atoms with van der Waals surface area (Å²) in [6.07, 6.45) is -2.56. The van der Waals surface area contributed by atoms with E-state index in [1.807, 2.05) is 19.1 Å². The Morgan fingerprint density at radius 2 is 1.79 bits per heavy atom. The first-order valence-corrected chi connectivity index (χ1v) is 9.27. The highest BCUT2D eigenvalue weighted by Crippen LogP contribution is 2.35. The van der Waals surface area contributed by atoms with Crippen molar-refractivity contribution in [3.63, 3.8) is 0 Å². The summed E-state index contributed by atoms with van der Waals surface area (Å²) in [6.45, 7) is 5.50. The van der Waals surface area contributed by atoms with E-state index in [-0.39, 0.29) is 5.56 Å². The largest absolute Gasteiger partial charge is 0.416 e. The predicted molar refractivity (Wildman–Crippen MR) is 102 cm³/mol. The van der Waals surface area contributed by atoms with E-state index in [4.69, 9.17) is 4.74 Å². The Bertz CT molecular complexity index is 842. The third-order valence-electron chi connectivity index (χ3n) is 5.29. The second-order valence-electron chi connectivity index (χ2n) is 7.08. The second-order valence-corrected chi connectivity index (χ2v) is 7.08. The van der Waals surface area contributed by atoms with E-state index >= 15 is 0 Å². The molecular formula is C22H23F3NO2. The number of alkyl halides is 3. The van der Waals surface area contributed by atoms with Crippen LogP contribution in [-0.4, -0.2) is 19.1 Å². The van der Waals surface area contributed by atoms with Crippen LogP contribution in [0.5, 0.6) is 0 Å². The van der Waals surface area contributed by atoms with Crippen LogP contribution in [0, 0.1) is 18.8 Å². The summed E-state index contributed by atoms with van der Waals surface area (Å²) in [5.41, 5.74) is 1.71. The average molecular weight is 390 g/mol. The van der Waals surface area contributed by atoms with Crippen molar-refractivity contribution in [1.29, 1.82) is 0 Å². The number of halogens is 3. The number of carbonyl (C=O) groups is 1. The zero-order chi connectivity index (χ0) is 20.3. The summed E-state index contributed by atoms with van der Waals surface area (Å²) in [4.78, 5) is 12.5. The fourth-order valence-corrected chi connectivity index (χ4v) is 3.58. The average Bonchev–Trinajstić information content (AvgIpc) is 2.69. The number of ether oxygens (including phenoxy) is 1. The summed E-state index contributed by atoms with van der Waals surface area (Å²) in [7, 11) is 0. The van der Waals surface area contributed by atoms with E-state index in [9.17, 15) is 18.0 Å². The monoisotopic (exact) mass is 390 g/mol. The zero-order valence-electron chi connectivity index (χ0n) is 15.9. The van der Waals surface area contributed by atoms with Crippen LogP contribution in [0.2, 0.25) is 0 Å². The molecule has 6 heteroatoms. The number of hydrogen-bond donors (Lipinski definition) is 1. The van der Waals surface area contributed by atoms with Gasteiger partial charge in [-0.2, -0.15) is 13.2 Å². The van der Waals surface area contributed by atoms with Crippen LogP contribution in [0.25, 0.3) is 0 Å². The lowest BCUT2D eigenvalue weighted by Crippen LogP contribution is -2.22. The minimum absolute atomic E-state index is 0.0234. The summed E-state index contributed by atoms with van der Waals surface area (Å²) in [6, 6.07) is 10.1. The Kier molecular flexibility index (Phi) is 6.08. The standard InChI is InChI=1S/C22H23F3NO2/c1-14(16-9-11-28-12-10-16)19-7-4-8-20(15(19)2)26-21(27)17-5-3-6-18(13-17)22(23,24)25/h3-8,13,16H,9-12H2,1-2H3,(H,26,27). The molecule has 0 bridgehead atoms. The number of carbonyl (C=O) groups excluding carboxylic acids is 1. The molecular weight excluding hydrogens is 367 g/mol. The molecule has 1 amide bonds. The molecule has 149 valence electrons. The van der Waals surface area contributed by atoms with Gasteiger partial charge in [0.25, 0.3) is 5.91 Å². The fourth-order valence-electron chi connectivity index (χ4n) is 3.58. The molecule has 0 unspecified atom stereocenters. The fraction of sp³-hybridized carbons (Fsp3) is 0.364. The van der Waals surface area contributed by atoms with Crippen molar-refractivity contribution in [3.05, 3.63) is 70.6 Å². The first-order chi connectivity index (χ1) is 13.3. The lowest BCUT2D eigenvalue weighted by atomic mass is 9.81. The summed E-state index contributed by atoms with van der Waals surface area (Å²) >= 11 is 0. The van der Waals surface area contributed by atoms with E-state index < -0.39 is 17.6 Å². The van der Waals surface area contributed by atoms with Gasteiger partial charge < -0.3 is 10.1 Å². The van der Waals surface area contributed by atoms with Crippen molar-refractivity contribution in [3.8, 4) is 0 Å². The normalized spacial score (nSPS) is 15.6. The van der Waals surface area contributed by atoms with Crippen LogP contribution < -0.4 is 5.32 Å². The third kappa shape index (κ3) is 4.55. The number of rotatable bonds is 4. The molecule has 1 N–H and O–H groups in total. The third-order valence-corrected chi connectivity index (χ3v) is 5.29. The summed E-state index contributed by atoms with van der Waals surface area (Å²) in [5, 5.41) is 2.76. The van der Waals surface area contributed by atoms with Crippen LogP contribution in [0.3, 0.4) is 0 Å². The van der Waals surface area contributed by atoms with Crippen LogP contribution >= 0.6 is 0 Å². The Balaban J connectivity index is 1.80. The summed E-state index contributed by atoms with van der Waals surface area (Å²) < 4.78 is 44.1. The summed E-state index contributed by atoms with van der Waals surface area (Å²) in [5.74, 6) is 1.12. The van der Waals surface area contributed by atoms with Crippen molar-refractivity contribution in [2.24, 2.45) is 5.92 Å². The molecule has 0 aliphatic carbocycles. The molecule has 0 spiro atoms. The van der Waals surface area contributed by atoms with Gasteiger partial charge in [0.05, 0.1) is 5.56 Å². The molecule has 2 aromatic carbocycles. The number of anilines is 1. The van der Waals surface area contributed by atoms with Gasteiger partial charge in [0.15, 0.2) is 0 Å². The van der Waals surface area contributed by atoms with Crippen LogP contribution in [0.15, 0.2) is 42.5 Å². The molecule has 3 rings (SSSR count). The van der Waals surface area contributed by atoms with Gasteiger partial charge in [0.1, 0.15) is 0 Å². The van der Waals surface area contributed by atoms with Gasteiger partial charge in [0, 0.05) is 30.4 Å². The van der Waals surface area contributed by atoms with E-state index in [0.717, 1.165) is 49.3 Å². The van der Waals surface area contributed by atoms with Crippen LogP contribution in [-0.2, 0) is 10.9 Å². The molecule has 1 fully saturated rings. The molecule has 1 heterocycles. The maximum absolute atomic E-state index is 12.9. The first kappa shape index (κ1) is 20.4. The lowest BCUT2D eigenvalue weighted by Gasteiger charge is -2.29.